The number of carbonyl (C=O) groups excluding carboxylic acids is 1. The average molecular weight is 321 g/mol. The van der Waals surface area contributed by atoms with E-state index in [1.54, 1.807) is 11.3 Å². The number of aromatic nitrogens is 2. The van der Waals surface area contributed by atoms with Crippen molar-refractivity contribution in [1.29, 1.82) is 0 Å². The zero-order chi connectivity index (χ0) is 15.2. The highest BCUT2D eigenvalue weighted by atomic mass is 32.1. The third-order valence-corrected chi connectivity index (χ3v) is 5.12. The number of amides is 1. The predicted octanol–water partition coefficient (Wildman–Crippen LogP) is 1.69. The molecule has 0 aromatic carbocycles. The van der Waals surface area contributed by atoms with Crippen molar-refractivity contribution in [3.05, 3.63) is 23.5 Å². The van der Waals surface area contributed by atoms with E-state index >= 15 is 0 Å². The van der Waals surface area contributed by atoms with Crippen LogP contribution in [0.4, 0.5) is 0 Å². The molecule has 2 aliphatic rings. The zero-order valence-corrected chi connectivity index (χ0v) is 13.3. The Morgan fingerprint density at radius 2 is 2.32 bits per heavy atom. The number of hydrogen-bond acceptors (Lipinski definition) is 5. The van der Waals surface area contributed by atoms with Gasteiger partial charge in [-0.3, -0.25) is 9.20 Å². The first-order valence-electron chi connectivity index (χ1n) is 7.64. The maximum absolute atomic E-state index is 12.4. The number of nitrogens with zero attached hydrogens (tertiary/aromatic N) is 3. The molecule has 0 unspecified atom stereocenters. The van der Waals surface area contributed by atoms with Crippen LogP contribution in [0, 0.1) is 0 Å². The molecule has 1 atom stereocenters. The Kier molecular flexibility index (Phi) is 3.43. The Morgan fingerprint density at radius 1 is 1.50 bits per heavy atom. The quantitative estimate of drug-likeness (QED) is 0.845. The number of rotatable bonds is 2. The van der Waals surface area contributed by atoms with Crippen molar-refractivity contribution < 1.29 is 14.3 Å². The Bertz CT molecular complexity index is 659. The molecule has 1 spiro atoms. The Hall–Kier alpha value is -1.44. The number of ether oxygens (including phenoxy) is 2. The molecule has 2 aromatic heterocycles. The Morgan fingerprint density at radius 3 is 3.00 bits per heavy atom. The molecule has 2 fully saturated rings. The SMILES string of the molecule is C[C@H]1COC2(CCN(C(=O)Cc3cn4ccsc4n3)CC2)O1. The molecule has 4 rings (SSSR count). The van der Waals surface area contributed by atoms with Gasteiger partial charge in [-0.15, -0.1) is 11.3 Å². The number of piperidine rings is 1. The van der Waals surface area contributed by atoms with Crippen LogP contribution in [0.15, 0.2) is 17.8 Å². The van der Waals surface area contributed by atoms with Crippen LogP contribution >= 0.6 is 11.3 Å². The van der Waals surface area contributed by atoms with E-state index in [1.165, 1.54) is 0 Å². The molecule has 2 aromatic rings. The summed E-state index contributed by atoms with van der Waals surface area (Å²) >= 11 is 1.58. The normalized spacial score (nSPS) is 24.4. The van der Waals surface area contributed by atoms with Crippen LogP contribution in [0.5, 0.6) is 0 Å². The van der Waals surface area contributed by atoms with Crippen molar-refractivity contribution in [2.75, 3.05) is 19.7 Å². The second kappa shape index (κ2) is 5.33. The van der Waals surface area contributed by atoms with Gasteiger partial charge in [0, 0.05) is 43.7 Å². The van der Waals surface area contributed by atoms with Crippen LogP contribution in [-0.2, 0) is 20.7 Å². The van der Waals surface area contributed by atoms with Crippen LogP contribution in [0.2, 0.25) is 0 Å². The van der Waals surface area contributed by atoms with Crippen LogP contribution < -0.4 is 0 Å². The molecule has 0 N–H and O–H groups in total. The second-order valence-corrected chi connectivity index (χ2v) is 6.91. The number of hydrogen-bond donors (Lipinski definition) is 0. The van der Waals surface area contributed by atoms with E-state index in [-0.39, 0.29) is 12.0 Å². The van der Waals surface area contributed by atoms with E-state index in [1.807, 2.05) is 34.0 Å². The number of carbonyl (C=O) groups is 1. The first-order chi connectivity index (χ1) is 10.6. The van der Waals surface area contributed by atoms with Gasteiger partial charge in [0.1, 0.15) is 0 Å². The smallest absolute Gasteiger partial charge is 0.228 e. The van der Waals surface area contributed by atoms with Crippen molar-refractivity contribution in [2.24, 2.45) is 0 Å². The van der Waals surface area contributed by atoms with Gasteiger partial charge in [-0.05, 0) is 6.92 Å². The fourth-order valence-corrected chi connectivity index (χ4v) is 3.91. The summed E-state index contributed by atoms with van der Waals surface area (Å²) in [5, 5.41) is 1.99. The summed E-state index contributed by atoms with van der Waals surface area (Å²) in [5.74, 6) is -0.320. The molecule has 1 amide bonds. The molecule has 7 heteroatoms. The Balaban J connectivity index is 1.37. The molecular weight excluding hydrogens is 302 g/mol. The average Bonchev–Trinajstić information content (AvgIpc) is 3.15. The summed E-state index contributed by atoms with van der Waals surface area (Å²) in [4.78, 5) is 19.7. The van der Waals surface area contributed by atoms with Gasteiger partial charge >= 0.3 is 0 Å². The lowest BCUT2D eigenvalue weighted by Gasteiger charge is -2.37. The van der Waals surface area contributed by atoms with Crippen molar-refractivity contribution in [2.45, 2.75) is 38.1 Å². The summed E-state index contributed by atoms with van der Waals surface area (Å²) in [6.45, 7) is 4.05. The van der Waals surface area contributed by atoms with E-state index in [0.29, 0.717) is 26.1 Å². The molecule has 2 saturated heterocycles. The van der Waals surface area contributed by atoms with Crippen LogP contribution in [0.3, 0.4) is 0 Å². The minimum atomic E-state index is -0.451. The molecule has 6 nitrogen and oxygen atoms in total. The highest BCUT2D eigenvalue weighted by molar-refractivity contribution is 7.15. The number of fused-ring (bicyclic) bond motifs is 1. The molecule has 22 heavy (non-hydrogen) atoms. The van der Waals surface area contributed by atoms with Crippen LogP contribution in [0.1, 0.15) is 25.5 Å². The second-order valence-electron chi connectivity index (χ2n) is 6.03. The van der Waals surface area contributed by atoms with Crippen molar-refractivity contribution in [3.8, 4) is 0 Å². The third-order valence-electron chi connectivity index (χ3n) is 4.35. The summed E-state index contributed by atoms with van der Waals surface area (Å²) in [6, 6.07) is 0. The highest BCUT2D eigenvalue weighted by Gasteiger charge is 2.43. The van der Waals surface area contributed by atoms with Crippen molar-refractivity contribution in [1.82, 2.24) is 14.3 Å². The van der Waals surface area contributed by atoms with Gasteiger partial charge in [0.15, 0.2) is 10.7 Å². The monoisotopic (exact) mass is 321 g/mol. The molecule has 0 aliphatic carbocycles. The fourth-order valence-electron chi connectivity index (χ4n) is 3.19. The van der Waals surface area contributed by atoms with Crippen molar-refractivity contribution >= 4 is 22.2 Å². The molecule has 118 valence electrons. The van der Waals surface area contributed by atoms with Crippen LogP contribution in [-0.4, -0.2) is 51.8 Å². The number of thiazole rings is 1. The summed E-state index contributed by atoms with van der Waals surface area (Å²) in [5.41, 5.74) is 0.833. The minimum absolute atomic E-state index is 0.131. The standard InChI is InChI=1S/C15H19N3O3S/c1-11-10-20-15(21-11)2-4-17(5-3-15)13(19)8-12-9-18-6-7-22-14(18)16-12/h6-7,9,11H,2-5,8,10H2,1H3/t11-/m0/s1. The summed E-state index contributed by atoms with van der Waals surface area (Å²) in [6.07, 6.45) is 5.91. The number of imidazole rings is 1. The van der Waals surface area contributed by atoms with E-state index < -0.39 is 5.79 Å². The Labute approximate surface area is 132 Å². The lowest BCUT2D eigenvalue weighted by Crippen LogP contribution is -2.47. The van der Waals surface area contributed by atoms with Crippen LogP contribution in [0.25, 0.3) is 4.96 Å². The molecule has 0 radical (unpaired) electrons. The summed E-state index contributed by atoms with van der Waals surface area (Å²) < 4.78 is 13.6. The molecule has 0 bridgehead atoms. The zero-order valence-electron chi connectivity index (χ0n) is 12.5. The first kappa shape index (κ1) is 14.2. The van der Waals surface area contributed by atoms with Gasteiger partial charge in [-0.1, -0.05) is 0 Å². The fraction of sp³-hybridized carbons (Fsp3) is 0.600. The van der Waals surface area contributed by atoms with Gasteiger partial charge < -0.3 is 14.4 Å². The molecule has 2 aliphatic heterocycles. The van der Waals surface area contributed by atoms with Gasteiger partial charge in [0.05, 0.1) is 24.8 Å². The van der Waals surface area contributed by atoms with Gasteiger partial charge in [-0.25, -0.2) is 4.98 Å². The first-order valence-corrected chi connectivity index (χ1v) is 8.52. The maximum Gasteiger partial charge on any atom is 0.228 e. The van der Waals surface area contributed by atoms with E-state index in [2.05, 4.69) is 4.98 Å². The molecule has 4 heterocycles. The van der Waals surface area contributed by atoms with Gasteiger partial charge in [0.25, 0.3) is 0 Å². The minimum Gasteiger partial charge on any atom is -0.347 e. The maximum atomic E-state index is 12.4. The molecular formula is C15H19N3O3S. The predicted molar refractivity (Wildman–Crippen MR) is 81.8 cm³/mol. The topological polar surface area (TPSA) is 56.1 Å². The third kappa shape index (κ3) is 2.53. The van der Waals surface area contributed by atoms with E-state index in [9.17, 15) is 4.79 Å². The lowest BCUT2D eigenvalue weighted by atomic mass is 10.0. The molecule has 0 saturated carbocycles. The lowest BCUT2D eigenvalue weighted by molar-refractivity contribution is -0.194. The number of likely N-dealkylation sites (tertiary alicyclic amines) is 1. The van der Waals surface area contributed by atoms with E-state index in [4.69, 9.17) is 9.47 Å². The largest absolute Gasteiger partial charge is 0.347 e. The van der Waals surface area contributed by atoms with Gasteiger partial charge in [-0.2, -0.15) is 0 Å². The van der Waals surface area contributed by atoms with E-state index in [0.717, 1.165) is 23.5 Å². The van der Waals surface area contributed by atoms with Crippen molar-refractivity contribution in [3.63, 3.8) is 0 Å². The summed E-state index contributed by atoms with van der Waals surface area (Å²) in [7, 11) is 0. The van der Waals surface area contributed by atoms with Gasteiger partial charge in [0.2, 0.25) is 5.91 Å². The highest BCUT2D eigenvalue weighted by Crippen LogP contribution is 2.34.